The van der Waals surface area contributed by atoms with E-state index in [1.165, 1.54) is 18.2 Å². The lowest BCUT2D eigenvalue weighted by Crippen LogP contribution is -2.45. The van der Waals surface area contributed by atoms with E-state index in [4.69, 9.17) is 5.73 Å². The average molecular weight is 343 g/mol. The molecule has 0 spiro atoms. The van der Waals surface area contributed by atoms with Gasteiger partial charge in [-0.1, -0.05) is 12.1 Å². The molecular weight excluding hydrogens is 323 g/mol. The number of rotatable bonds is 5. The van der Waals surface area contributed by atoms with Crippen LogP contribution in [0.5, 0.6) is 0 Å². The van der Waals surface area contributed by atoms with Crippen LogP contribution < -0.4 is 11.1 Å². The number of anilines is 1. The molecule has 1 saturated heterocycles. The molecule has 0 aliphatic carbocycles. The summed E-state index contributed by atoms with van der Waals surface area (Å²) in [5, 5.41) is 2.84. The summed E-state index contributed by atoms with van der Waals surface area (Å²) >= 11 is 0. The lowest BCUT2D eigenvalue weighted by Gasteiger charge is -2.31. The minimum atomic E-state index is -4.27. The van der Waals surface area contributed by atoms with E-state index in [1.54, 1.807) is 11.0 Å². The maximum Gasteiger partial charge on any atom is 0.393 e. The van der Waals surface area contributed by atoms with Crippen molar-refractivity contribution in [2.75, 3.05) is 25.0 Å². The number of amides is 2. The molecule has 5 nitrogen and oxygen atoms in total. The maximum atomic E-state index is 12.4. The quantitative estimate of drug-likeness (QED) is 0.858. The van der Waals surface area contributed by atoms with Crippen molar-refractivity contribution in [2.24, 2.45) is 11.7 Å². The maximum absolute atomic E-state index is 12.4. The van der Waals surface area contributed by atoms with Crippen molar-refractivity contribution in [3.05, 3.63) is 29.8 Å². The molecule has 1 heterocycles. The number of primary amides is 1. The highest BCUT2D eigenvalue weighted by Crippen LogP contribution is 2.23. The van der Waals surface area contributed by atoms with Crippen molar-refractivity contribution in [3.63, 3.8) is 0 Å². The molecule has 0 bridgehead atoms. The minimum absolute atomic E-state index is 0.0407. The van der Waals surface area contributed by atoms with E-state index >= 15 is 0 Å². The van der Waals surface area contributed by atoms with E-state index in [2.05, 4.69) is 5.32 Å². The lowest BCUT2D eigenvalue weighted by atomic mass is 9.97. The first-order chi connectivity index (χ1) is 11.2. The van der Waals surface area contributed by atoms with Crippen LogP contribution in [0.15, 0.2) is 24.3 Å². The molecule has 1 atom stereocenters. The molecule has 0 saturated carbocycles. The monoisotopic (exact) mass is 343 g/mol. The molecule has 0 aromatic heterocycles. The molecule has 1 aliphatic rings. The number of piperidine rings is 1. The molecule has 8 heteroatoms. The zero-order valence-corrected chi connectivity index (χ0v) is 13.1. The molecule has 1 aliphatic heterocycles. The van der Waals surface area contributed by atoms with E-state index in [1.807, 2.05) is 0 Å². The van der Waals surface area contributed by atoms with Crippen molar-refractivity contribution >= 4 is 17.5 Å². The number of likely N-dealkylation sites (tertiary alicyclic amines) is 1. The highest BCUT2D eigenvalue weighted by Gasteiger charge is 2.28. The van der Waals surface area contributed by atoms with Crippen molar-refractivity contribution in [3.8, 4) is 0 Å². The summed E-state index contributed by atoms with van der Waals surface area (Å²) in [5.74, 6) is -0.958. The number of halogens is 3. The Balaban J connectivity index is 1.89. The van der Waals surface area contributed by atoms with Crippen LogP contribution in [0.4, 0.5) is 18.9 Å². The summed E-state index contributed by atoms with van der Waals surface area (Å²) < 4.78 is 37.2. The Hall–Kier alpha value is -2.25. The van der Waals surface area contributed by atoms with E-state index in [0.29, 0.717) is 31.6 Å². The first-order valence-corrected chi connectivity index (χ1v) is 7.71. The molecule has 24 heavy (non-hydrogen) atoms. The van der Waals surface area contributed by atoms with Gasteiger partial charge in [-0.15, -0.1) is 0 Å². The Kier molecular flexibility index (Phi) is 5.69. The fourth-order valence-electron chi connectivity index (χ4n) is 2.75. The predicted octanol–water partition coefficient (Wildman–Crippen LogP) is 1.93. The Morgan fingerprint density at radius 3 is 2.75 bits per heavy atom. The van der Waals surface area contributed by atoms with Gasteiger partial charge >= 0.3 is 6.18 Å². The van der Waals surface area contributed by atoms with Crippen LogP contribution in [0.25, 0.3) is 0 Å². The predicted molar refractivity (Wildman–Crippen MR) is 83.2 cm³/mol. The second-order valence-corrected chi connectivity index (χ2v) is 5.93. The van der Waals surface area contributed by atoms with Crippen LogP contribution in [-0.4, -0.2) is 42.5 Å². The normalized spacial score (nSPS) is 18.3. The van der Waals surface area contributed by atoms with Crippen LogP contribution >= 0.6 is 0 Å². The van der Waals surface area contributed by atoms with Gasteiger partial charge in [0.2, 0.25) is 11.8 Å². The van der Waals surface area contributed by atoms with Gasteiger partial charge in [0.05, 0.1) is 18.9 Å². The fourth-order valence-corrected chi connectivity index (χ4v) is 2.75. The van der Waals surface area contributed by atoms with Crippen LogP contribution in [0.2, 0.25) is 0 Å². The third-order valence-electron chi connectivity index (χ3n) is 3.95. The summed E-state index contributed by atoms with van der Waals surface area (Å²) in [4.78, 5) is 25.0. The van der Waals surface area contributed by atoms with E-state index in [-0.39, 0.29) is 23.9 Å². The Morgan fingerprint density at radius 2 is 2.08 bits per heavy atom. The standard InChI is InChI=1S/C16H20F3N3O2/c17-16(18,19)8-11-3-1-5-13(7-11)21-9-14(23)22-6-2-4-12(10-22)15(20)24/h1,3,5,7,12,21H,2,4,6,8-10H2,(H2,20,24). The largest absolute Gasteiger partial charge is 0.393 e. The van der Waals surface area contributed by atoms with Crippen molar-refractivity contribution < 1.29 is 22.8 Å². The van der Waals surface area contributed by atoms with Gasteiger partial charge in [0.25, 0.3) is 0 Å². The van der Waals surface area contributed by atoms with Crippen LogP contribution in [-0.2, 0) is 16.0 Å². The number of carbonyl (C=O) groups is 2. The lowest BCUT2D eigenvalue weighted by molar-refractivity contribution is -0.133. The van der Waals surface area contributed by atoms with Crippen LogP contribution in [0.3, 0.4) is 0 Å². The molecule has 2 rings (SSSR count). The van der Waals surface area contributed by atoms with Crippen molar-refractivity contribution in [1.29, 1.82) is 0 Å². The smallest absolute Gasteiger partial charge is 0.376 e. The second kappa shape index (κ2) is 7.55. The number of alkyl halides is 3. The topological polar surface area (TPSA) is 75.4 Å². The van der Waals surface area contributed by atoms with Gasteiger partial charge in [-0.05, 0) is 30.5 Å². The zero-order chi connectivity index (χ0) is 17.7. The minimum Gasteiger partial charge on any atom is -0.376 e. The third kappa shape index (κ3) is 5.43. The summed E-state index contributed by atoms with van der Waals surface area (Å²) in [5.41, 5.74) is 5.86. The van der Waals surface area contributed by atoms with E-state index < -0.39 is 18.5 Å². The number of hydrogen-bond acceptors (Lipinski definition) is 3. The van der Waals surface area contributed by atoms with Crippen LogP contribution in [0, 0.1) is 5.92 Å². The fraction of sp³-hybridized carbons (Fsp3) is 0.500. The van der Waals surface area contributed by atoms with Gasteiger partial charge < -0.3 is 16.0 Å². The molecule has 132 valence electrons. The van der Waals surface area contributed by atoms with Gasteiger partial charge in [-0.3, -0.25) is 9.59 Å². The second-order valence-electron chi connectivity index (χ2n) is 5.93. The number of benzene rings is 1. The molecule has 2 amide bonds. The Bertz CT molecular complexity index is 604. The molecule has 0 radical (unpaired) electrons. The van der Waals surface area contributed by atoms with Gasteiger partial charge in [0.1, 0.15) is 0 Å². The van der Waals surface area contributed by atoms with Crippen molar-refractivity contribution in [2.45, 2.75) is 25.4 Å². The number of nitrogens with zero attached hydrogens (tertiary/aromatic N) is 1. The molecule has 1 fully saturated rings. The Morgan fingerprint density at radius 1 is 1.33 bits per heavy atom. The molecule has 1 aromatic carbocycles. The van der Waals surface area contributed by atoms with E-state index in [0.717, 1.165) is 0 Å². The van der Waals surface area contributed by atoms with Gasteiger partial charge in [-0.2, -0.15) is 13.2 Å². The van der Waals surface area contributed by atoms with Gasteiger partial charge in [-0.25, -0.2) is 0 Å². The molecule has 3 N–H and O–H groups in total. The summed E-state index contributed by atoms with van der Waals surface area (Å²) in [6.45, 7) is 0.809. The number of carbonyl (C=O) groups excluding carboxylic acids is 2. The summed E-state index contributed by atoms with van der Waals surface area (Å²) in [6, 6.07) is 5.89. The van der Waals surface area contributed by atoms with E-state index in [9.17, 15) is 22.8 Å². The Labute approximate surface area is 138 Å². The molecule has 1 aromatic rings. The first kappa shape index (κ1) is 18.1. The SMILES string of the molecule is NC(=O)C1CCCN(C(=O)CNc2cccc(CC(F)(F)F)c2)C1. The van der Waals surface area contributed by atoms with Crippen LogP contribution in [0.1, 0.15) is 18.4 Å². The summed E-state index contributed by atoms with van der Waals surface area (Å²) in [7, 11) is 0. The highest BCUT2D eigenvalue weighted by atomic mass is 19.4. The van der Waals surface area contributed by atoms with Gasteiger partial charge in [0, 0.05) is 18.8 Å². The van der Waals surface area contributed by atoms with Gasteiger partial charge in [0.15, 0.2) is 0 Å². The highest BCUT2D eigenvalue weighted by molar-refractivity contribution is 5.82. The summed E-state index contributed by atoms with van der Waals surface area (Å²) in [6.07, 6.45) is -3.90. The number of nitrogens with one attached hydrogen (secondary N) is 1. The molecule has 1 unspecified atom stereocenters. The number of hydrogen-bond donors (Lipinski definition) is 2. The zero-order valence-electron chi connectivity index (χ0n) is 13.1. The number of nitrogens with two attached hydrogens (primary N) is 1. The third-order valence-corrected chi connectivity index (χ3v) is 3.95. The average Bonchev–Trinajstić information content (AvgIpc) is 2.51. The first-order valence-electron chi connectivity index (χ1n) is 7.71. The van der Waals surface area contributed by atoms with Crippen molar-refractivity contribution in [1.82, 2.24) is 4.90 Å². The molecular formula is C16H20F3N3O2.